The Kier molecular flexibility index (Phi) is 4.86. The highest BCUT2D eigenvalue weighted by atomic mass is 32.1. The molecule has 1 aromatic rings. The highest BCUT2D eigenvalue weighted by Crippen LogP contribution is 2.32. The Morgan fingerprint density at radius 2 is 2.20 bits per heavy atom. The van der Waals surface area contributed by atoms with Gasteiger partial charge in [0.2, 0.25) is 0 Å². The molecule has 0 aromatic carbocycles. The molecule has 1 aliphatic rings. The Bertz CT molecular complexity index is 469. The van der Waals surface area contributed by atoms with E-state index in [1.54, 1.807) is 11.3 Å². The van der Waals surface area contributed by atoms with Crippen molar-refractivity contribution in [2.24, 2.45) is 5.92 Å². The molecular weight excluding hydrogens is 270 g/mol. The van der Waals surface area contributed by atoms with Crippen molar-refractivity contribution < 1.29 is 9.90 Å². The van der Waals surface area contributed by atoms with Gasteiger partial charge < -0.3 is 10.4 Å². The number of aliphatic hydroxyl groups excluding tert-OH is 1. The van der Waals surface area contributed by atoms with Crippen LogP contribution in [0.15, 0.2) is 6.07 Å². The number of rotatable bonds is 5. The number of hydrogen-bond donors (Lipinski definition) is 2. The predicted molar refractivity (Wildman–Crippen MR) is 83.4 cm³/mol. The van der Waals surface area contributed by atoms with Crippen LogP contribution in [0, 0.1) is 5.92 Å². The minimum Gasteiger partial charge on any atom is -0.394 e. The van der Waals surface area contributed by atoms with Crippen molar-refractivity contribution in [1.82, 2.24) is 5.32 Å². The summed E-state index contributed by atoms with van der Waals surface area (Å²) in [6, 6.07) is 2.05. The normalized spacial score (nSPS) is 18.7. The van der Waals surface area contributed by atoms with Crippen molar-refractivity contribution in [2.45, 2.75) is 58.4 Å². The molecule has 0 bridgehead atoms. The zero-order chi connectivity index (χ0) is 14.8. The third-order valence-corrected chi connectivity index (χ3v) is 5.82. The van der Waals surface area contributed by atoms with Crippen molar-refractivity contribution >= 4 is 17.2 Å². The molecule has 1 aliphatic carbocycles. The molecule has 0 saturated carbocycles. The van der Waals surface area contributed by atoms with Crippen molar-refractivity contribution in [3.05, 3.63) is 21.4 Å². The molecule has 0 radical (unpaired) electrons. The summed E-state index contributed by atoms with van der Waals surface area (Å²) in [5.41, 5.74) is 0.871. The number of fused-ring (bicyclic) bond motifs is 1. The summed E-state index contributed by atoms with van der Waals surface area (Å²) in [6.45, 7) is 6.27. The van der Waals surface area contributed by atoms with Gasteiger partial charge in [0.25, 0.3) is 5.91 Å². The van der Waals surface area contributed by atoms with Gasteiger partial charge in [-0.1, -0.05) is 20.8 Å². The first-order valence-corrected chi connectivity index (χ1v) is 8.40. The first-order chi connectivity index (χ1) is 9.53. The van der Waals surface area contributed by atoms with Crippen molar-refractivity contribution in [3.63, 3.8) is 0 Å². The van der Waals surface area contributed by atoms with Crippen LogP contribution < -0.4 is 5.32 Å². The molecule has 3 nitrogen and oxygen atoms in total. The fourth-order valence-corrected chi connectivity index (χ4v) is 3.91. The Balaban J connectivity index is 2.14. The van der Waals surface area contributed by atoms with Crippen LogP contribution >= 0.6 is 11.3 Å². The molecule has 0 spiro atoms. The van der Waals surface area contributed by atoms with Crippen LogP contribution in [-0.2, 0) is 12.8 Å². The van der Waals surface area contributed by atoms with Gasteiger partial charge in [0, 0.05) is 4.88 Å². The second-order valence-corrected chi connectivity index (χ2v) is 7.14. The van der Waals surface area contributed by atoms with Gasteiger partial charge in [-0.2, -0.15) is 0 Å². The van der Waals surface area contributed by atoms with Crippen molar-refractivity contribution in [1.29, 1.82) is 0 Å². The van der Waals surface area contributed by atoms with Gasteiger partial charge in [-0.25, -0.2) is 0 Å². The van der Waals surface area contributed by atoms with Crippen LogP contribution in [0.5, 0.6) is 0 Å². The average molecular weight is 295 g/mol. The maximum atomic E-state index is 12.4. The first-order valence-electron chi connectivity index (χ1n) is 7.58. The van der Waals surface area contributed by atoms with Gasteiger partial charge in [0.15, 0.2) is 0 Å². The Morgan fingerprint density at radius 1 is 1.50 bits per heavy atom. The number of amides is 1. The molecule has 1 heterocycles. The predicted octanol–water partition coefficient (Wildman–Crippen LogP) is 3.15. The molecule has 2 N–H and O–H groups in total. The quantitative estimate of drug-likeness (QED) is 0.876. The number of nitrogens with one attached hydrogen (secondary N) is 1. The van der Waals surface area contributed by atoms with Gasteiger partial charge in [0.1, 0.15) is 0 Å². The van der Waals surface area contributed by atoms with E-state index in [4.69, 9.17) is 0 Å². The van der Waals surface area contributed by atoms with E-state index in [0.717, 1.165) is 36.5 Å². The highest BCUT2D eigenvalue weighted by Gasteiger charge is 2.29. The summed E-state index contributed by atoms with van der Waals surface area (Å²) in [5, 5.41) is 12.6. The lowest BCUT2D eigenvalue weighted by Gasteiger charge is -2.30. The molecule has 20 heavy (non-hydrogen) atoms. The molecule has 0 fully saturated rings. The largest absolute Gasteiger partial charge is 0.394 e. The van der Waals surface area contributed by atoms with E-state index in [-0.39, 0.29) is 12.5 Å². The molecule has 2 rings (SSSR count). The molecule has 1 aromatic heterocycles. The molecule has 0 aliphatic heterocycles. The number of thiophene rings is 1. The SMILES string of the molecule is CCC(CC)(CO)NC(=O)c1cc2c(s1)CCC(C)C2. The molecular formula is C16H25NO2S. The van der Waals surface area contributed by atoms with Gasteiger partial charge in [-0.05, 0) is 49.7 Å². The van der Waals surface area contributed by atoms with E-state index in [1.807, 2.05) is 13.8 Å². The lowest BCUT2D eigenvalue weighted by atomic mass is 9.90. The maximum absolute atomic E-state index is 12.4. The second-order valence-electron chi connectivity index (χ2n) is 6.01. The molecule has 112 valence electrons. The van der Waals surface area contributed by atoms with Crippen LogP contribution in [0.1, 0.15) is 60.1 Å². The lowest BCUT2D eigenvalue weighted by Crippen LogP contribution is -2.50. The molecule has 1 amide bonds. The molecule has 4 heteroatoms. The number of aliphatic hydroxyl groups is 1. The van der Waals surface area contributed by atoms with Crippen molar-refractivity contribution in [3.8, 4) is 0 Å². The van der Waals surface area contributed by atoms with Crippen LogP contribution in [0.3, 0.4) is 0 Å². The van der Waals surface area contributed by atoms with Gasteiger partial charge >= 0.3 is 0 Å². The second kappa shape index (κ2) is 6.27. The van der Waals surface area contributed by atoms with E-state index in [9.17, 15) is 9.90 Å². The standard InChI is InChI=1S/C16H25NO2S/c1-4-16(5-2,10-18)17-15(19)14-9-12-8-11(3)6-7-13(12)20-14/h9,11,18H,4-8,10H2,1-3H3,(H,17,19). The maximum Gasteiger partial charge on any atom is 0.261 e. The Hall–Kier alpha value is -0.870. The lowest BCUT2D eigenvalue weighted by molar-refractivity contribution is 0.0822. The molecule has 0 saturated heterocycles. The fourth-order valence-electron chi connectivity index (χ4n) is 2.81. The van der Waals surface area contributed by atoms with E-state index >= 15 is 0 Å². The molecule has 1 atom stereocenters. The number of hydrogen-bond acceptors (Lipinski definition) is 3. The Morgan fingerprint density at radius 3 is 2.80 bits per heavy atom. The average Bonchev–Trinajstić information content (AvgIpc) is 2.88. The third-order valence-electron chi connectivity index (χ3n) is 4.59. The summed E-state index contributed by atoms with van der Waals surface area (Å²) >= 11 is 1.62. The topological polar surface area (TPSA) is 49.3 Å². The van der Waals surface area contributed by atoms with E-state index in [0.29, 0.717) is 0 Å². The summed E-state index contributed by atoms with van der Waals surface area (Å²) in [6.07, 6.45) is 4.90. The summed E-state index contributed by atoms with van der Waals surface area (Å²) in [7, 11) is 0. The van der Waals surface area contributed by atoms with Crippen LogP contribution in [0.4, 0.5) is 0 Å². The summed E-state index contributed by atoms with van der Waals surface area (Å²) < 4.78 is 0. The highest BCUT2D eigenvalue weighted by molar-refractivity contribution is 7.14. The number of carbonyl (C=O) groups is 1. The zero-order valence-corrected chi connectivity index (χ0v) is 13.5. The zero-order valence-electron chi connectivity index (χ0n) is 12.7. The minimum absolute atomic E-state index is 0.00609. The molecule has 1 unspecified atom stereocenters. The summed E-state index contributed by atoms with van der Waals surface area (Å²) in [5.74, 6) is 0.686. The number of carbonyl (C=O) groups excluding carboxylic acids is 1. The summed E-state index contributed by atoms with van der Waals surface area (Å²) in [4.78, 5) is 14.6. The van der Waals surface area contributed by atoms with Crippen LogP contribution in [0.2, 0.25) is 0 Å². The van der Waals surface area contributed by atoms with Gasteiger partial charge in [-0.3, -0.25) is 4.79 Å². The Labute approximate surface area is 125 Å². The van der Waals surface area contributed by atoms with Gasteiger partial charge in [-0.15, -0.1) is 11.3 Å². The van der Waals surface area contributed by atoms with E-state index in [1.165, 1.54) is 16.9 Å². The minimum atomic E-state index is -0.477. The van der Waals surface area contributed by atoms with Crippen LogP contribution in [-0.4, -0.2) is 23.2 Å². The van der Waals surface area contributed by atoms with Crippen LogP contribution in [0.25, 0.3) is 0 Å². The van der Waals surface area contributed by atoms with Gasteiger partial charge in [0.05, 0.1) is 17.0 Å². The van der Waals surface area contributed by atoms with E-state index in [2.05, 4.69) is 18.3 Å². The third kappa shape index (κ3) is 3.07. The number of aryl methyl sites for hydroxylation is 1. The monoisotopic (exact) mass is 295 g/mol. The fraction of sp³-hybridized carbons (Fsp3) is 0.688. The van der Waals surface area contributed by atoms with E-state index < -0.39 is 5.54 Å². The first kappa shape index (κ1) is 15.5. The smallest absolute Gasteiger partial charge is 0.261 e. The van der Waals surface area contributed by atoms with Crippen molar-refractivity contribution in [2.75, 3.05) is 6.61 Å².